The van der Waals surface area contributed by atoms with Gasteiger partial charge < -0.3 is 5.32 Å². The number of benzene rings is 1. The fourth-order valence-corrected chi connectivity index (χ4v) is 2.81. The Labute approximate surface area is 152 Å². The largest absolute Gasteiger partial charge is 0.325 e. The van der Waals surface area contributed by atoms with Crippen molar-refractivity contribution in [2.24, 2.45) is 0 Å². The summed E-state index contributed by atoms with van der Waals surface area (Å²) in [6.45, 7) is 0. The zero-order chi connectivity index (χ0) is 17.8. The first-order valence-electron chi connectivity index (χ1n) is 7.69. The molecule has 9 heteroatoms. The minimum absolute atomic E-state index is 0.379. The van der Waals surface area contributed by atoms with Gasteiger partial charge in [-0.25, -0.2) is 4.79 Å². The molecule has 3 heterocycles. The van der Waals surface area contributed by atoms with Gasteiger partial charge in [0.2, 0.25) is 5.13 Å². The smallest absolute Gasteiger partial charge is 0.308 e. The summed E-state index contributed by atoms with van der Waals surface area (Å²) in [5.74, 6) is 0. The van der Waals surface area contributed by atoms with E-state index in [0.29, 0.717) is 10.8 Å². The predicted molar refractivity (Wildman–Crippen MR) is 102 cm³/mol. The van der Waals surface area contributed by atoms with Crippen LogP contribution in [0.4, 0.5) is 15.6 Å². The molecule has 2 amide bonds. The molecule has 0 bridgehead atoms. The third-order valence-corrected chi connectivity index (χ3v) is 4.14. The molecule has 0 saturated heterocycles. The fourth-order valence-electron chi connectivity index (χ4n) is 2.37. The lowest BCUT2D eigenvalue weighted by atomic mass is 10.1. The van der Waals surface area contributed by atoms with Crippen LogP contribution in [0.2, 0.25) is 0 Å². The van der Waals surface area contributed by atoms with E-state index in [4.69, 9.17) is 0 Å². The number of anilines is 2. The molecule has 0 spiro atoms. The normalized spacial score (nSPS) is 11.1. The van der Waals surface area contributed by atoms with Crippen molar-refractivity contribution >= 4 is 51.2 Å². The van der Waals surface area contributed by atoms with Gasteiger partial charge in [-0.3, -0.25) is 15.4 Å². The Kier molecular flexibility index (Phi) is 4.35. The minimum atomic E-state index is -0.379. The van der Waals surface area contributed by atoms with E-state index in [9.17, 15) is 4.79 Å². The fraction of sp³-hybridized carbons (Fsp3) is 0. The van der Waals surface area contributed by atoms with Crippen LogP contribution in [0.1, 0.15) is 11.4 Å². The molecule has 8 nitrogen and oxygen atoms in total. The van der Waals surface area contributed by atoms with Crippen LogP contribution in [0.5, 0.6) is 0 Å². The Balaban J connectivity index is 1.50. The molecule has 128 valence electrons. The molecular weight excluding hydrogens is 350 g/mol. The average Bonchev–Trinajstić information content (AvgIpc) is 3.30. The molecule has 4 rings (SSSR count). The van der Waals surface area contributed by atoms with Crippen LogP contribution in [0.25, 0.3) is 23.1 Å². The summed E-state index contributed by atoms with van der Waals surface area (Å²) in [7, 11) is 0. The van der Waals surface area contributed by atoms with Crippen molar-refractivity contribution in [1.82, 2.24) is 25.4 Å². The Bertz CT molecular complexity index is 1060. The molecular formula is C17H13N7OS. The Morgan fingerprint density at radius 1 is 1.15 bits per heavy atom. The van der Waals surface area contributed by atoms with Gasteiger partial charge >= 0.3 is 6.03 Å². The maximum Gasteiger partial charge on any atom is 0.325 e. The van der Waals surface area contributed by atoms with Gasteiger partial charge in [0.25, 0.3) is 0 Å². The number of nitrogens with one attached hydrogen (secondary N) is 3. The van der Waals surface area contributed by atoms with Gasteiger partial charge in [-0.1, -0.05) is 17.4 Å². The summed E-state index contributed by atoms with van der Waals surface area (Å²) in [5, 5.41) is 21.5. The van der Waals surface area contributed by atoms with Crippen LogP contribution >= 0.6 is 11.3 Å². The van der Waals surface area contributed by atoms with Crippen molar-refractivity contribution in [2.45, 2.75) is 0 Å². The SMILES string of the molecule is O=C(Nc1ccc2c(/C=C/c3ccccn3)n[nH]c2c1)Nc1nncs1. The van der Waals surface area contributed by atoms with Crippen molar-refractivity contribution in [1.29, 1.82) is 0 Å². The molecule has 0 aliphatic rings. The minimum Gasteiger partial charge on any atom is -0.308 e. The standard InChI is InChI=1S/C17H13N7OS/c25-16(21-17-24-19-10-26-17)20-12-4-6-13-14(22-23-15(13)9-12)7-5-11-3-1-2-8-18-11/h1-10H,(H,22,23)(H2,20,21,24,25)/b7-5+. The molecule has 26 heavy (non-hydrogen) atoms. The van der Waals surface area contributed by atoms with E-state index in [0.717, 1.165) is 22.3 Å². The maximum absolute atomic E-state index is 12.0. The first kappa shape index (κ1) is 15.9. The van der Waals surface area contributed by atoms with E-state index < -0.39 is 0 Å². The van der Waals surface area contributed by atoms with Crippen LogP contribution in [-0.4, -0.2) is 31.4 Å². The van der Waals surface area contributed by atoms with E-state index in [1.165, 1.54) is 11.3 Å². The quantitative estimate of drug-likeness (QED) is 0.513. The van der Waals surface area contributed by atoms with Gasteiger partial charge in [0.15, 0.2) is 0 Å². The first-order chi connectivity index (χ1) is 12.8. The Hall–Kier alpha value is -3.59. The number of amides is 2. The van der Waals surface area contributed by atoms with E-state index in [1.54, 1.807) is 11.7 Å². The highest BCUT2D eigenvalue weighted by Gasteiger charge is 2.08. The summed E-state index contributed by atoms with van der Waals surface area (Å²) in [4.78, 5) is 16.2. The molecule has 1 aromatic carbocycles. The molecule has 0 aliphatic heterocycles. The summed E-state index contributed by atoms with van der Waals surface area (Å²) in [6.07, 6.45) is 5.54. The molecule has 3 N–H and O–H groups in total. The lowest BCUT2D eigenvalue weighted by Gasteiger charge is -2.05. The molecule has 0 saturated carbocycles. The molecule has 0 radical (unpaired) electrons. The summed E-state index contributed by atoms with van der Waals surface area (Å²) in [6, 6.07) is 10.9. The second-order valence-corrected chi connectivity index (χ2v) is 6.11. The maximum atomic E-state index is 12.0. The highest BCUT2D eigenvalue weighted by Crippen LogP contribution is 2.22. The molecule has 3 aromatic heterocycles. The van der Waals surface area contributed by atoms with Crippen LogP contribution in [0.3, 0.4) is 0 Å². The number of rotatable bonds is 4. The first-order valence-corrected chi connectivity index (χ1v) is 8.57. The Morgan fingerprint density at radius 2 is 2.12 bits per heavy atom. The van der Waals surface area contributed by atoms with Gasteiger partial charge in [0.05, 0.1) is 16.9 Å². The van der Waals surface area contributed by atoms with Crippen LogP contribution in [-0.2, 0) is 0 Å². The van der Waals surface area contributed by atoms with E-state index >= 15 is 0 Å². The van der Waals surface area contributed by atoms with E-state index in [2.05, 4.69) is 36.0 Å². The van der Waals surface area contributed by atoms with Gasteiger partial charge in [-0.05, 0) is 42.5 Å². The molecule has 0 atom stereocenters. The number of urea groups is 1. The second kappa shape index (κ2) is 7.11. The number of hydrogen-bond acceptors (Lipinski definition) is 6. The van der Waals surface area contributed by atoms with E-state index in [-0.39, 0.29) is 6.03 Å². The van der Waals surface area contributed by atoms with Gasteiger partial charge in [-0.15, -0.1) is 10.2 Å². The lowest BCUT2D eigenvalue weighted by Crippen LogP contribution is -2.19. The monoisotopic (exact) mass is 363 g/mol. The van der Waals surface area contributed by atoms with Crippen LogP contribution in [0, 0.1) is 0 Å². The third-order valence-electron chi connectivity index (χ3n) is 3.53. The van der Waals surface area contributed by atoms with Gasteiger partial charge in [0.1, 0.15) is 5.51 Å². The van der Waals surface area contributed by atoms with Crippen LogP contribution < -0.4 is 10.6 Å². The van der Waals surface area contributed by atoms with Crippen molar-refractivity contribution in [3.63, 3.8) is 0 Å². The molecule has 4 aromatic rings. The summed E-state index contributed by atoms with van der Waals surface area (Å²) in [5.41, 5.74) is 4.67. The number of aromatic amines is 1. The summed E-state index contributed by atoms with van der Waals surface area (Å²) >= 11 is 1.25. The molecule has 0 unspecified atom stereocenters. The highest BCUT2D eigenvalue weighted by molar-refractivity contribution is 7.13. The summed E-state index contributed by atoms with van der Waals surface area (Å²) < 4.78 is 0. The number of nitrogens with zero attached hydrogens (tertiary/aromatic N) is 4. The molecule has 0 aliphatic carbocycles. The molecule has 0 fully saturated rings. The van der Waals surface area contributed by atoms with Crippen molar-refractivity contribution < 1.29 is 4.79 Å². The van der Waals surface area contributed by atoms with Crippen LogP contribution in [0.15, 0.2) is 48.1 Å². The zero-order valence-corrected chi connectivity index (χ0v) is 14.2. The number of pyridine rings is 1. The highest BCUT2D eigenvalue weighted by atomic mass is 32.1. The van der Waals surface area contributed by atoms with Crippen molar-refractivity contribution in [2.75, 3.05) is 10.6 Å². The third kappa shape index (κ3) is 3.57. The van der Waals surface area contributed by atoms with Crippen molar-refractivity contribution in [3.05, 3.63) is 59.5 Å². The number of hydrogen-bond donors (Lipinski definition) is 3. The Morgan fingerprint density at radius 3 is 2.92 bits per heavy atom. The van der Waals surface area contributed by atoms with E-state index in [1.807, 2.05) is 48.6 Å². The number of aromatic nitrogens is 5. The lowest BCUT2D eigenvalue weighted by molar-refractivity contribution is 0.262. The topological polar surface area (TPSA) is 108 Å². The number of carbonyl (C=O) groups excluding carboxylic acids is 1. The average molecular weight is 363 g/mol. The van der Waals surface area contributed by atoms with Gasteiger partial charge in [0, 0.05) is 17.3 Å². The predicted octanol–water partition coefficient (Wildman–Crippen LogP) is 3.62. The van der Waals surface area contributed by atoms with Crippen molar-refractivity contribution in [3.8, 4) is 0 Å². The number of fused-ring (bicyclic) bond motifs is 1. The number of carbonyl (C=O) groups is 1. The van der Waals surface area contributed by atoms with Gasteiger partial charge in [-0.2, -0.15) is 5.10 Å². The zero-order valence-electron chi connectivity index (χ0n) is 13.4. The number of H-pyrrole nitrogens is 1. The second-order valence-electron chi connectivity index (χ2n) is 5.28.